The average Bonchev–Trinajstić information content (AvgIpc) is 3.45. The van der Waals surface area contributed by atoms with Crippen molar-refractivity contribution in [2.75, 3.05) is 26.7 Å². The molecule has 7 nitrogen and oxygen atoms in total. The monoisotopic (exact) mass is 445 g/mol. The fourth-order valence-corrected chi connectivity index (χ4v) is 3.97. The van der Waals surface area contributed by atoms with Gasteiger partial charge in [-0.05, 0) is 31.0 Å². The molecule has 4 rings (SSSR count). The zero-order valence-electron chi connectivity index (χ0n) is 19.3. The largest absolute Gasteiger partial charge is 0.444 e. The fourth-order valence-electron chi connectivity index (χ4n) is 3.97. The molecule has 1 aliphatic rings. The van der Waals surface area contributed by atoms with E-state index in [9.17, 15) is 4.79 Å². The summed E-state index contributed by atoms with van der Waals surface area (Å²) in [6.45, 7) is 4.79. The van der Waals surface area contributed by atoms with Crippen LogP contribution in [0.1, 0.15) is 23.2 Å². The number of guanidine groups is 1. The second-order valence-corrected chi connectivity index (χ2v) is 8.46. The molecule has 1 fully saturated rings. The highest BCUT2D eigenvalue weighted by atomic mass is 16.3. The first kappa shape index (κ1) is 22.6. The molecule has 1 saturated heterocycles. The van der Waals surface area contributed by atoms with Crippen LogP contribution in [0.15, 0.2) is 70.3 Å². The van der Waals surface area contributed by atoms with Crippen LogP contribution in [-0.4, -0.2) is 48.4 Å². The summed E-state index contributed by atoms with van der Waals surface area (Å²) in [6, 6.07) is 18.4. The lowest BCUT2D eigenvalue weighted by molar-refractivity contribution is -0.127. The number of hydrogen-bond donors (Lipinski definition) is 2. The first-order valence-corrected chi connectivity index (χ1v) is 11.4. The quantitative estimate of drug-likeness (QED) is 0.410. The van der Waals surface area contributed by atoms with Crippen LogP contribution in [0.3, 0.4) is 0 Å². The number of aromatic nitrogens is 1. The van der Waals surface area contributed by atoms with Crippen molar-refractivity contribution in [2.45, 2.75) is 26.3 Å². The highest BCUT2D eigenvalue weighted by molar-refractivity contribution is 5.80. The van der Waals surface area contributed by atoms with E-state index in [1.165, 1.54) is 11.1 Å². The summed E-state index contributed by atoms with van der Waals surface area (Å²) < 4.78 is 5.62. The molecule has 1 aliphatic heterocycles. The van der Waals surface area contributed by atoms with Crippen molar-refractivity contribution in [1.82, 2.24) is 20.5 Å². The molecule has 7 heteroatoms. The number of aryl methyl sites for hydroxylation is 1. The lowest BCUT2D eigenvalue weighted by Gasteiger charge is -2.17. The van der Waals surface area contributed by atoms with E-state index < -0.39 is 0 Å². The SMILES string of the molecule is CN=C(NCc1coc(-c2ccc(C)cc2)n1)NCC1CC(=O)N(CCc2ccccc2)C1. The van der Waals surface area contributed by atoms with Gasteiger partial charge in [0.1, 0.15) is 6.26 Å². The van der Waals surface area contributed by atoms with Gasteiger partial charge in [0, 0.05) is 44.6 Å². The van der Waals surface area contributed by atoms with Gasteiger partial charge in [-0.1, -0.05) is 48.0 Å². The Hall–Kier alpha value is -3.61. The van der Waals surface area contributed by atoms with Crippen molar-refractivity contribution in [3.05, 3.63) is 77.7 Å². The Morgan fingerprint density at radius 2 is 1.94 bits per heavy atom. The lowest BCUT2D eigenvalue weighted by Crippen LogP contribution is -2.40. The van der Waals surface area contributed by atoms with Crippen LogP contribution >= 0.6 is 0 Å². The Morgan fingerprint density at radius 3 is 2.70 bits per heavy atom. The number of rotatable bonds is 8. The molecule has 2 N–H and O–H groups in total. The molecule has 2 heterocycles. The summed E-state index contributed by atoms with van der Waals surface area (Å²) in [7, 11) is 1.74. The van der Waals surface area contributed by atoms with Gasteiger partial charge in [0.25, 0.3) is 0 Å². The summed E-state index contributed by atoms with van der Waals surface area (Å²) in [5, 5.41) is 6.61. The first-order chi connectivity index (χ1) is 16.1. The Kier molecular flexibility index (Phi) is 7.40. The van der Waals surface area contributed by atoms with Gasteiger partial charge < -0.3 is 20.0 Å². The summed E-state index contributed by atoms with van der Waals surface area (Å²) >= 11 is 0. The number of nitrogens with zero attached hydrogens (tertiary/aromatic N) is 3. The summed E-state index contributed by atoms with van der Waals surface area (Å²) in [6.07, 6.45) is 3.12. The Labute approximate surface area is 194 Å². The third kappa shape index (κ3) is 6.22. The predicted octanol–water partition coefficient (Wildman–Crippen LogP) is 3.41. The van der Waals surface area contributed by atoms with E-state index in [1.54, 1.807) is 13.3 Å². The van der Waals surface area contributed by atoms with Crippen molar-refractivity contribution in [1.29, 1.82) is 0 Å². The maximum Gasteiger partial charge on any atom is 0.226 e. The summed E-state index contributed by atoms with van der Waals surface area (Å²) in [5.41, 5.74) is 4.22. The second kappa shape index (κ2) is 10.8. The molecular weight excluding hydrogens is 414 g/mol. The minimum atomic E-state index is 0.229. The van der Waals surface area contributed by atoms with Crippen LogP contribution in [0.25, 0.3) is 11.5 Å². The van der Waals surface area contributed by atoms with E-state index >= 15 is 0 Å². The highest BCUT2D eigenvalue weighted by Crippen LogP contribution is 2.19. The topological polar surface area (TPSA) is 82.8 Å². The van der Waals surface area contributed by atoms with Gasteiger partial charge in [-0.3, -0.25) is 9.79 Å². The molecule has 0 aliphatic carbocycles. The number of hydrogen-bond acceptors (Lipinski definition) is 4. The number of likely N-dealkylation sites (tertiary alicyclic amines) is 1. The predicted molar refractivity (Wildman–Crippen MR) is 130 cm³/mol. The number of amides is 1. The molecule has 0 saturated carbocycles. The van der Waals surface area contributed by atoms with Gasteiger partial charge in [0.15, 0.2) is 5.96 Å². The Bertz CT molecular complexity index is 1080. The molecule has 0 bridgehead atoms. The van der Waals surface area contributed by atoms with E-state index in [1.807, 2.05) is 47.4 Å². The van der Waals surface area contributed by atoms with Crippen LogP contribution in [0.4, 0.5) is 0 Å². The molecule has 172 valence electrons. The number of oxazole rings is 1. The van der Waals surface area contributed by atoms with E-state index in [0.717, 1.165) is 30.8 Å². The van der Waals surface area contributed by atoms with E-state index in [0.29, 0.717) is 31.4 Å². The van der Waals surface area contributed by atoms with Crippen molar-refractivity contribution in [3.8, 4) is 11.5 Å². The molecule has 2 aromatic carbocycles. The minimum Gasteiger partial charge on any atom is -0.444 e. The number of carbonyl (C=O) groups is 1. The molecule has 33 heavy (non-hydrogen) atoms. The summed E-state index contributed by atoms with van der Waals surface area (Å²) in [4.78, 5) is 23.2. The van der Waals surface area contributed by atoms with Crippen molar-refractivity contribution >= 4 is 11.9 Å². The standard InChI is InChI=1S/C26H31N5O2/c1-19-8-10-22(11-9-19)25-30-23(18-33-25)16-29-26(27-2)28-15-21-14-24(32)31(17-21)13-12-20-6-4-3-5-7-20/h3-11,18,21H,12-17H2,1-2H3,(H2,27,28,29). The number of nitrogens with one attached hydrogen (secondary N) is 2. The van der Waals surface area contributed by atoms with Crippen molar-refractivity contribution < 1.29 is 9.21 Å². The van der Waals surface area contributed by atoms with Crippen LogP contribution in [0.2, 0.25) is 0 Å². The zero-order chi connectivity index (χ0) is 23.0. The Balaban J connectivity index is 1.21. The second-order valence-electron chi connectivity index (χ2n) is 8.46. The highest BCUT2D eigenvalue weighted by Gasteiger charge is 2.29. The zero-order valence-corrected chi connectivity index (χ0v) is 19.3. The average molecular weight is 446 g/mol. The van der Waals surface area contributed by atoms with E-state index in [-0.39, 0.29) is 11.8 Å². The Morgan fingerprint density at radius 1 is 1.15 bits per heavy atom. The van der Waals surface area contributed by atoms with Crippen LogP contribution in [0.5, 0.6) is 0 Å². The number of carbonyl (C=O) groups excluding carboxylic acids is 1. The van der Waals surface area contributed by atoms with Gasteiger partial charge in [0.2, 0.25) is 11.8 Å². The molecule has 0 radical (unpaired) electrons. The van der Waals surface area contributed by atoms with Crippen LogP contribution in [-0.2, 0) is 17.8 Å². The smallest absolute Gasteiger partial charge is 0.226 e. The maximum absolute atomic E-state index is 12.4. The third-order valence-corrected chi connectivity index (χ3v) is 5.88. The van der Waals surface area contributed by atoms with Gasteiger partial charge in [-0.25, -0.2) is 4.98 Å². The van der Waals surface area contributed by atoms with Gasteiger partial charge >= 0.3 is 0 Å². The number of aliphatic imine (C=N–C) groups is 1. The van der Waals surface area contributed by atoms with Crippen molar-refractivity contribution in [2.24, 2.45) is 10.9 Å². The molecule has 0 spiro atoms. The normalized spacial score (nSPS) is 16.3. The van der Waals surface area contributed by atoms with Crippen LogP contribution in [0, 0.1) is 12.8 Å². The van der Waals surface area contributed by atoms with Crippen molar-refractivity contribution in [3.63, 3.8) is 0 Å². The molecule has 1 aromatic heterocycles. The molecule has 1 atom stereocenters. The molecule has 3 aromatic rings. The van der Waals surface area contributed by atoms with Gasteiger partial charge in [0.05, 0.1) is 12.2 Å². The van der Waals surface area contributed by atoms with E-state index in [4.69, 9.17) is 4.42 Å². The lowest BCUT2D eigenvalue weighted by atomic mass is 10.1. The van der Waals surface area contributed by atoms with Crippen LogP contribution < -0.4 is 10.6 Å². The van der Waals surface area contributed by atoms with Gasteiger partial charge in [-0.2, -0.15) is 0 Å². The maximum atomic E-state index is 12.4. The molecular formula is C26H31N5O2. The van der Waals surface area contributed by atoms with E-state index in [2.05, 4.69) is 39.7 Å². The van der Waals surface area contributed by atoms with Gasteiger partial charge in [-0.15, -0.1) is 0 Å². The summed E-state index contributed by atoms with van der Waals surface area (Å²) in [5.74, 6) is 1.79. The fraction of sp³-hybridized carbons (Fsp3) is 0.346. The molecule has 1 amide bonds. The third-order valence-electron chi connectivity index (χ3n) is 5.88. The number of benzene rings is 2. The minimum absolute atomic E-state index is 0.229. The first-order valence-electron chi connectivity index (χ1n) is 11.4. The molecule has 1 unspecified atom stereocenters.